The van der Waals surface area contributed by atoms with E-state index in [0.29, 0.717) is 24.2 Å². The average molecular weight is 388 g/mol. The van der Waals surface area contributed by atoms with Crippen molar-refractivity contribution in [2.24, 2.45) is 0 Å². The van der Waals surface area contributed by atoms with Gasteiger partial charge in [-0.3, -0.25) is 0 Å². The third kappa shape index (κ3) is 5.18. The standard InChI is InChI=1S/C17H23BrFNO3/c1-16(2,3)23-15(21)20-8-7-17(4,11-20)22-10-12-5-6-14(19)13(18)9-12/h5-6,9H,7-8,10-11H2,1-4H3. The number of hydrogen-bond acceptors (Lipinski definition) is 3. The van der Waals surface area contributed by atoms with Gasteiger partial charge in [0.15, 0.2) is 0 Å². The average Bonchev–Trinajstić information content (AvgIpc) is 2.82. The summed E-state index contributed by atoms with van der Waals surface area (Å²) >= 11 is 3.17. The zero-order chi connectivity index (χ0) is 17.3. The van der Waals surface area contributed by atoms with E-state index in [1.165, 1.54) is 6.07 Å². The summed E-state index contributed by atoms with van der Waals surface area (Å²) in [5, 5.41) is 0. The van der Waals surface area contributed by atoms with Crippen LogP contribution in [0.15, 0.2) is 22.7 Å². The summed E-state index contributed by atoms with van der Waals surface area (Å²) in [4.78, 5) is 13.8. The first-order valence-corrected chi connectivity index (χ1v) is 8.43. The molecule has 0 spiro atoms. The molecule has 1 atom stereocenters. The van der Waals surface area contributed by atoms with Crippen molar-refractivity contribution in [2.45, 2.75) is 51.9 Å². The van der Waals surface area contributed by atoms with E-state index < -0.39 is 11.2 Å². The van der Waals surface area contributed by atoms with Gasteiger partial charge in [-0.25, -0.2) is 9.18 Å². The first-order valence-electron chi connectivity index (χ1n) is 7.64. The summed E-state index contributed by atoms with van der Waals surface area (Å²) in [6.45, 7) is 9.01. The first kappa shape index (κ1) is 18.2. The van der Waals surface area contributed by atoms with Crippen LogP contribution >= 0.6 is 15.9 Å². The number of hydrogen-bond donors (Lipinski definition) is 0. The molecule has 1 heterocycles. The fraction of sp³-hybridized carbons (Fsp3) is 0.588. The van der Waals surface area contributed by atoms with Crippen molar-refractivity contribution in [1.29, 1.82) is 0 Å². The van der Waals surface area contributed by atoms with Gasteiger partial charge in [0, 0.05) is 6.54 Å². The second-order valence-electron chi connectivity index (χ2n) is 7.14. The third-order valence-corrected chi connectivity index (χ3v) is 4.27. The molecule has 1 unspecified atom stereocenters. The van der Waals surface area contributed by atoms with Crippen molar-refractivity contribution in [1.82, 2.24) is 4.90 Å². The van der Waals surface area contributed by atoms with Crippen LogP contribution in [-0.4, -0.2) is 35.3 Å². The minimum Gasteiger partial charge on any atom is -0.444 e. The third-order valence-electron chi connectivity index (χ3n) is 3.66. The summed E-state index contributed by atoms with van der Waals surface area (Å²) in [7, 11) is 0. The molecule has 1 fully saturated rings. The Labute approximate surface area is 145 Å². The molecule has 2 rings (SSSR count). The van der Waals surface area contributed by atoms with Crippen LogP contribution in [-0.2, 0) is 16.1 Å². The Morgan fingerprint density at radius 1 is 1.43 bits per heavy atom. The number of ether oxygens (including phenoxy) is 2. The lowest BCUT2D eigenvalue weighted by Gasteiger charge is -2.27. The Morgan fingerprint density at radius 2 is 2.13 bits per heavy atom. The van der Waals surface area contributed by atoms with Gasteiger partial charge < -0.3 is 14.4 Å². The van der Waals surface area contributed by atoms with E-state index in [1.54, 1.807) is 17.0 Å². The topological polar surface area (TPSA) is 38.8 Å². The van der Waals surface area contributed by atoms with Gasteiger partial charge in [-0.2, -0.15) is 0 Å². The highest BCUT2D eigenvalue weighted by atomic mass is 79.9. The number of halogens is 2. The van der Waals surface area contributed by atoms with Gasteiger partial charge in [0.05, 0.1) is 23.2 Å². The Bertz CT molecular complexity index is 588. The molecule has 23 heavy (non-hydrogen) atoms. The van der Waals surface area contributed by atoms with Crippen LogP contribution in [0.1, 0.15) is 39.7 Å². The molecule has 0 aromatic heterocycles. The van der Waals surface area contributed by atoms with Crippen LogP contribution in [0, 0.1) is 5.82 Å². The minimum atomic E-state index is -0.503. The molecule has 1 aliphatic heterocycles. The monoisotopic (exact) mass is 387 g/mol. The quantitative estimate of drug-likeness (QED) is 0.765. The molecule has 0 radical (unpaired) electrons. The zero-order valence-corrected chi connectivity index (χ0v) is 15.6. The molecule has 1 amide bonds. The van der Waals surface area contributed by atoms with E-state index in [2.05, 4.69) is 15.9 Å². The highest BCUT2D eigenvalue weighted by molar-refractivity contribution is 9.10. The van der Waals surface area contributed by atoms with E-state index in [9.17, 15) is 9.18 Å². The predicted octanol–water partition coefficient (Wildman–Crippen LogP) is 4.50. The normalized spacial score (nSPS) is 21.6. The summed E-state index contributed by atoms with van der Waals surface area (Å²) in [5.74, 6) is -0.295. The molecule has 1 aromatic rings. The maximum absolute atomic E-state index is 13.2. The van der Waals surface area contributed by atoms with Gasteiger partial charge >= 0.3 is 6.09 Å². The Balaban J connectivity index is 1.91. The lowest BCUT2D eigenvalue weighted by molar-refractivity contribution is -0.0374. The molecule has 0 saturated carbocycles. The maximum Gasteiger partial charge on any atom is 0.410 e. The van der Waals surface area contributed by atoms with Gasteiger partial charge in [-0.1, -0.05) is 6.07 Å². The van der Waals surface area contributed by atoms with E-state index >= 15 is 0 Å². The maximum atomic E-state index is 13.2. The van der Waals surface area contributed by atoms with Crippen molar-refractivity contribution in [2.75, 3.05) is 13.1 Å². The molecule has 4 nitrogen and oxygen atoms in total. The SMILES string of the molecule is CC(C)(C)OC(=O)N1CCC(C)(OCc2ccc(F)c(Br)c2)C1. The fourth-order valence-corrected chi connectivity index (χ4v) is 2.85. The van der Waals surface area contributed by atoms with Gasteiger partial charge in [-0.15, -0.1) is 0 Å². The highest BCUT2D eigenvalue weighted by Crippen LogP contribution is 2.28. The van der Waals surface area contributed by atoms with E-state index in [4.69, 9.17) is 9.47 Å². The molecule has 128 valence electrons. The van der Waals surface area contributed by atoms with Crippen molar-refractivity contribution < 1.29 is 18.7 Å². The molecular formula is C17H23BrFNO3. The van der Waals surface area contributed by atoms with Crippen molar-refractivity contribution in [3.63, 3.8) is 0 Å². The summed E-state index contributed by atoms with van der Waals surface area (Å²) in [5.41, 5.74) is -0.0371. The molecule has 0 aliphatic carbocycles. The van der Waals surface area contributed by atoms with Crippen molar-refractivity contribution in [3.05, 3.63) is 34.1 Å². The number of rotatable bonds is 3. The summed E-state index contributed by atoms with van der Waals surface area (Å²) in [6, 6.07) is 4.82. The second-order valence-corrected chi connectivity index (χ2v) is 7.99. The molecule has 1 saturated heterocycles. The predicted molar refractivity (Wildman–Crippen MR) is 89.7 cm³/mol. The molecule has 1 aliphatic rings. The van der Waals surface area contributed by atoms with Crippen LogP contribution in [0.2, 0.25) is 0 Å². The minimum absolute atomic E-state index is 0.295. The second kappa shape index (κ2) is 6.77. The molecule has 1 aromatic carbocycles. The van der Waals surface area contributed by atoms with Crippen molar-refractivity contribution in [3.8, 4) is 0 Å². The summed E-state index contributed by atoms with van der Waals surface area (Å²) < 4.78 is 25.0. The van der Waals surface area contributed by atoms with Crippen LogP contribution < -0.4 is 0 Å². The van der Waals surface area contributed by atoms with Gasteiger partial charge in [0.1, 0.15) is 11.4 Å². The molecule has 0 N–H and O–H groups in total. The fourth-order valence-electron chi connectivity index (χ4n) is 2.42. The number of likely N-dealkylation sites (tertiary alicyclic amines) is 1. The van der Waals surface area contributed by atoms with E-state index in [-0.39, 0.29) is 11.9 Å². The van der Waals surface area contributed by atoms with Crippen LogP contribution in [0.3, 0.4) is 0 Å². The molecule has 0 bridgehead atoms. The molecule has 6 heteroatoms. The van der Waals surface area contributed by atoms with Crippen molar-refractivity contribution >= 4 is 22.0 Å². The smallest absolute Gasteiger partial charge is 0.410 e. The van der Waals surface area contributed by atoms with E-state index in [0.717, 1.165) is 12.0 Å². The number of carbonyl (C=O) groups is 1. The van der Waals surface area contributed by atoms with Gasteiger partial charge in [0.2, 0.25) is 0 Å². The summed E-state index contributed by atoms with van der Waals surface area (Å²) in [6.07, 6.45) is 0.434. The van der Waals surface area contributed by atoms with Crippen LogP contribution in [0.5, 0.6) is 0 Å². The number of nitrogens with zero attached hydrogens (tertiary/aromatic N) is 1. The number of amides is 1. The van der Waals surface area contributed by atoms with E-state index in [1.807, 2.05) is 27.7 Å². The van der Waals surface area contributed by atoms with Crippen LogP contribution in [0.4, 0.5) is 9.18 Å². The molecular weight excluding hydrogens is 365 g/mol. The van der Waals surface area contributed by atoms with Gasteiger partial charge in [0.25, 0.3) is 0 Å². The number of carbonyl (C=O) groups excluding carboxylic acids is 1. The first-order chi connectivity index (χ1) is 10.6. The Morgan fingerprint density at radius 3 is 2.74 bits per heavy atom. The zero-order valence-electron chi connectivity index (χ0n) is 14.0. The van der Waals surface area contributed by atoms with Crippen LogP contribution in [0.25, 0.3) is 0 Å². The van der Waals surface area contributed by atoms with Gasteiger partial charge in [-0.05, 0) is 67.7 Å². The lowest BCUT2D eigenvalue weighted by Crippen LogP contribution is -2.39. The Kier molecular flexibility index (Phi) is 5.36. The highest BCUT2D eigenvalue weighted by Gasteiger charge is 2.38. The number of benzene rings is 1. The Hall–Kier alpha value is -1.14. The lowest BCUT2D eigenvalue weighted by atomic mass is 10.1. The largest absolute Gasteiger partial charge is 0.444 e.